The van der Waals surface area contributed by atoms with Crippen molar-refractivity contribution in [2.24, 2.45) is 5.92 Å². The number of tetrazole rings is 1. The highest BCUT2D eigenvalue weighted by Gasteiger charge is 2.24. The number of nitrogens with one attached hydrogen (secondary N) is 1. The number of fused-ring (bicyclic) bond motifs is 1. The molecule has 146 valence electrons. The fourth-order valence-corrected chi connectivity index (χ4v) is 3.34. The van der Waals surface area contributed by atoms with Crippen molar-refractivity contribution >= 4 is 17.5 Å². The summed E-state index contributed by atoms with van der Waals surface area (Å²) in [6.45, 7) is 3.97. The molecule has 0 saturated carbocycles. The predicted octanol–water partition coefficient (Wildman–Crippen LogP) is -0.307. The average molecular weight is 383 g/mol. The third-order valence-electron chi connectivity index (χ3n) is 4.94. The van der Waals surface area contributed by atoms with E-state index < -0.39 is 0 Å². The van der Waals surface area contributed by atoms with Crippen molar-refractivity contribution in [2.75, 3.05) is 19.6 Å². The number of amides is 2. The lowest BCUT2D eigenvalue weighted by molar-refractivity contribution is -0.133. The summed E-state index contributed by atoms with van der Waals surface area (Å²) in [4.78, 5) is 30.9. The Morgan fingerprint density at radius 1 is 1.25 bits per heavy atom. The Kier molecular flexibility index (Phi) is 4.96. The molecule has 3 aromatic heterocycles. The van der Waals surface area contributed by atoms with Gasteiger partial charge in [-0.15, -0.1) is 5.10 Å². The Morgan fingerprint density at radius 2 is 2.07 bits per heavy atom. The Balaban J connectivity index is 1.27. The highest BCUT2D eigenvalue weighted by Crippen LogP contribution is 2.17. The number of carbonyl (C=O) groups excluding carboxylic acids is 2. The van der Waals surface area contributed by atoms with E-state index in [0.29, 0.717) is 36.8 Å². The fourth-order valence-electron chi connectivity index (χ4n) is 3.34. The van der Waals surface area contributed by atoms with Crippen LogP contribution in [-0.2, 0) is 11.3 Å². The van der Waals surface area contributed by atoms with Crippen LogP contribution in [-0.4, -0.2) is 71.2 Å². The third kappa shape index (κ3) is 3.82. The third-order valence-corrected chi connectivity index (χ3v) is 4.94. The molecule has 3 aromatic rings. The number of carbonyl (C=O) groups is 2. The zero-order valence-electron chi connectivity index (χ0n) is 15.5. The molecule has 0 bridgehead atoms. The molecule has 4 rings (SSSR count). The standard InChI is InChI=1S/C17H21N9O2/c1-12-6-18-16-14(8-21-26(16)9-12)17(28)19-7-13-2-4-24(5-3-13)15(27)10-25-11-20-22-23-25/h6,8-9,11,13H,2-5,7,10H2,1H3,(H,19,28). The van der Waals surface area contributed by atoms with Crippen molar-refractivity contribution in [1.29, 1.82) is 0 Å². The first-order valence-corrected chi connectivity index (χ1v) is 9.17. The molecule has 0 radical (unpaired) electrons. The Morgan fingerprint density at radius 3 is 2.82 bits per heavy atom. The van der Waals surface area contributed by atoms with Crippen LogP contribution in [0, 0.1) is 12.8 Å². The number of hydrogen-bond acceptors (Lipinski definition) is 7. The number of rotatable bonds is 5. The predicted molar refractivity (Wildman–Crippen MR) is 97.2 cm³/mol. The summed E-state index contributed by atoms with van der Waals surface area (Å²) in [6, 6.07) is 0. The van der Waals surface area contributed by atoms with Crippen LogP contribution in [0.25, 0.3) is 5.65 Å². The first-order chi connectivity index (χ1) is 13.6. The number of nitrogens with zero attached hydrogens (tertiary/aromatic N) is 8. The van der Waals surface area contributed by atoms with Crippen molar-refractivity contribution in [2.45, 2.75) is 26.3 Å². The van der Waals surface area contributed by atoms with Crippen molar-refractivity contribution in [3.63, 3.8) is 0 Å². The van der Waals surface area contributed by atoms with Gasteiger partial charge in [0.05, 0.1) is 6.20 Å². The molecular formula is C17H21N9O2. The molecule has 0 unspecified atom stereocenters. The second-order valence-electron chi connectivity index (χ2n) is 7.00. The van der Waals surface area contributed by atoms with Gasteiger partial charge < -0.3 is 10.2 Å². The van der Waals surface area contributed by atoms with Crippen molar-refractivity contribution in [1.82, 2.24) is 45.0 Å². The molecule has 11 nitrogen and oxygen atoms in total. The summed E-state index contributed by atoms with van der Waals surface area (Å²) in [7, 11) is 0. The SMILES string of the molecule is Cc1cnc2c(C(=O)NCC3CCN(C(=O)Cn4cnnn4)CC3)cnn2c1. The molecule has 0 aliphatic carbocycles. The van der Waals surface area contributed by atoms with Crippen LogP contribution < -0.4 is 5.32 Å². The Hall–Kier alpha value is -3.37. The minimum atomic E-state index is -0.177. The van der Waals surface area contributed by atoms with E-state index in [0.717, 1.165) is 18.4 Å². The topological polar surface area (TPSA) is 123 Å². The molecule has 2 amide bonds. The molecule has 1 aliphatic heterocycles. The van der Waals surface area contributed by atoms with E-state index in [-0.39, 0.29) is 18.4 Å². The van der Waals surface area contributed by atoms with Crippen LogP contribution in [0.1, 0.15) is 28.8 Å². The maximum atomic E-state index is 12.5. The highest BCUT2D eigenvalue weighted by molar-refractivity contribution is 5.99. The quantitative estimate of drug-likeness (QED) is 0.641. The molecule has 0 atom stereocenters. The van der Waals surface area contributed by atoms with Gasteiger partial charge in [-0.2, -0.15) is 5.10 Å². The number of piperidine rings is 1. The minimum absolute atomic E-state index is 0.00232. The van der Waals surface area contributed by atoms with Crippen LogP contribution >= 0.6 is 0 Å². The van der Waals surface area contributed by atoms with Crippen molar-refractivity contribution < 1.29 is 9.59 Å². The molecule has 1 aliphatic rings. The Bertz CT molecular complexity index is 974. The van der Waals surface area contributed by atoms with Gasteiger partial charge in [0.15, 0.2) is 5.65 Å². The second kappa shape index (κ2) is 7.71. The van der Waals surface area contributed by atoms with Gasteiger partial charge in [0.25, 0.3) is 5.91 Å². The highest BCUT2D eigenvalue weighted by atomic mass is 16.2. The van der Waals surface area contributed by atoms with Crippen LogP contribution in [0.5, 0.6) is 0 Å². The summed E-state index contributed by atoms with van der Waals surface area (Å²) < 4.78 is 3.03. The molecule has 4 heterocycles. The summed E-state index contributed by atoms with van der Waals surface area (Å²) in [5, 5.41) is 17.9. The van der Waals surface area contributed by atoms with Crippen LogP contribution in [0.2, 0.25) is 0 Å². The van der Waals surface area contributed by atoms with Gasteiger partial charge in [0.2, 0.25) is 5.91 Å². The maximum absolute atomic E-state index is 12.5. The monoisotopic (exact) mass is 383 g/mol. The molecule has 28 heavy (non-hydrogen) atoms. The van der Waals surface area contributed by atoms with E-state index in [9.17, 15) is 9.59 Å². The fraction of sp³-hybridized carbons (Fsp3) is 0.471. The molecule has 0 spiro atoms. The lowest BCUT2D eigenvalue weighted by atomic mass is 9.96. The van der Waals surface area contributed by atoms with Gasteiger partial charge in [-0.3, -0.25) is 9.59 Å². The summed E-state index contributed by atoms with van der Waals surface area (Å²) in [6.07, 6.45) is 8.20. The van der Waals surface area contributed by atoms with Crippen LogP contribution in [0.15, 0.2) is 24.9 Å². The maximum Gasteiger partial charge on any atom is 0.256 e. The number of aromatic nitrogens is 7. The smallest absolute Gasteiger partial charge is 0.256 e. The zero-order chi connectivity index (χ0) is 19.5. The van der Waals surface area contributed by atoms with Crippen molar-refractivity contribution in [3.8, 4) is 0 Å². The van der Waals surface area contributed by atoms with Crippen LogP contribution in [0.3, 0.4) is 0 Å². The molecule has 11 heteroatoms. The van der Waals surface area contributed by atoms with Gasteiger partial charge in [-0.05, 0) is 41.7 Å². The summed E-state index contributed by atoms with van der Waals surface area (Å²) in [5.74, 6) is 0.157. The summed E-state index contributed by atoms with van der Waals surface area (Å²) in [5.41, 5.74) is 1.99. The lowest BCUT2D eigenvalue weighted by Crippen LogP contribution is -2.42. The first kappa shape index (κ1) is 18.0. The molecule has 0 aromatic carbocycles. The van der Waals surface area contributed by atoms with Gasteiger partial charge >= 0.3 is 0 Å². The van der Waals surface area contributed by atoms with Gasteiger partial charge in [-0.1, -0.05) is 0 Å². The first-order valence-electron chi connectivity index (χ1n) is 9.17. The summed E-state index contributed by atoms with van der Waals surface area (Å²) >= 11 is 0. The zero-order valence-corrected chi connectivity index (χ0v) is 15.5. The minimum Gasteiger partial charge on any atom is -0.352 e. The van der Waals surface area contributed by atoms with E-state index in [2.05, 4.69) is 30.9 Å². The number of likely N-dealkylation sites (tertiary alicyclic amines) is 1. The van der Waals surface area contributed by atoms with E-state index in [1.807, 2.05) is 18.0 Å². The van der Waals surface area contributed by atoms with E-state index in [4.69, 9.17) is 0 Å². The molecule has 1 saturated heterocycles. The largest absolute Gasteiger partial charge is 0.352 e. The number of aryl methyl sites for hydroxylation is 1. The number of hydrogen-bond donors (Lipinski definition) is 1. The normalized spacial score (nSPS) is 15.1. The van der Waals surface area contributed by atoms with Crippen molar-refractivity contribution in [3.05, 3.63) is 36.0 Å². The van der Waals surface area contributed by atoms with Gasteiger partial charge in [-0.25, -0.2) is 14.2 Å². The molecular weight excluding hydrogens is 362 g/mol. The van der Waals surface area contributed by atoms with Crippen LogP contribution in [0.4, 0.5) is 0 Å². The lowest BCUT2D eigenvalue weighted by Gasteiger charge is -2.32. The van der Waals surface area contributed by atoms with E-state index in [1.54, 1.807) is 10.7 Å². The Labute approximate surface area is 160 Å². The molecule has 1 N–H and O–H groups in total. The van der Waals surface area contributed by atoms with E-state index >= 15 is 0 Å². The van der Waals surface area contributed by atoms with E-state index in [1.165, 1.54) is 17.2 Å². The van der Waals surface area contributed by atoms with Gasteiger partial charge in [0.1, 0.15) is 18.4 Å². The average Bonchev–Trinajstić information content (AvgIpc) is 3.35. The molecule has 1 fully saturated rings. The second-order valence-corrected chi connectivity index (χ2v) is 7.00. The van der Waals surface area contributed by atoms with Gasteiger partial charge in [0, 0.05) is 32.0 Å².